The lowest BCUT2D eigenvalue weighted by molar-refractivity contribution is -0.131. The minimum atomic E-state index is -3.96. The molecule has 0 aromatic carbocycles. The van der Waals surface area contributed by atoms with Crippen LogP contribution in [0.2, 0.25) is 0 Å². The molecule has 0 aromatic rings. The molecule has 2 rings (SSSR count). The molecule has 1 fully saturated rings. The van der Waals surface area contributed by atoms with E-state index in [0.717, 1.165) is 18.9 Å². The van der Waals surface area contributed by atoms with Crippen LogP contribution in [0.15, 0.2) is 15.4 Å². The summed E-state index contributed by atoms with van der Waals surface area (Å²) in [6.45, 7) is 0.306. The van der Waals surface area contributed by atoms with Gasteiger partial charge in [0.15, 0.2) is 4.91 Å². The Labute approximate surface area is 93.1 Å². The van der Waals surface area contributed by atoms with E-state index in [2.05, 4.69) is 9.71 Å². The molecule has 0 radical (unpaired) electrons. The molecule has 16 heavy (non-hydrogen) atoms. The Morgan fingerprint density at radius 2 is 2.25 bits per heavy atom. The van der Waals surface area contributed by atoms with Crippen LogP contribution in [0.1, 0.15) is 19.3 Å². The van der Waals surface area contributed by atoms with Crippen molar-refractivity contribution < 1.29 is 18.3 Å². The number of rotatable bonds is 4. The van der Waals surface area contributed by atoms with Gasteiger partial charge in [0.1, 0.15) is 0 Å². The third-order valence-corrected chi connectivity index (χ3v) is 4.02. The van der Waals surface area contributed by atoms with Crippen LogP contribution in [-0.2, 0) is 14.8 Å². The number of nitrogens with one attached hydrogen (secondary N) is 1. The van der Waals surface area contributed by atoms with Gasteiger partial charge in [0, 0.05) is 12.6 Å². The summed E-state index contributed by atoms with van der Waals surface area (Å²) >= 11 is 0. The van der Waals surface area contributed by atoms with Crippen molar-refractivity contribution in [3.63, 3.8) is 0 Å². The largest absolute Gasteiger partial charge is 0.477 e. The number of aliphatic carboxylic acids is 1. The average molecular weight is 244 g/mol. The van der Waals surface area contributed by atoms with Gasteiger partial charge in [0.2, 0.25) is 0 Å². The summed E-state index contributed by atoms with van der Waals surface area (Å²) in [6.07, 6.45) is 4.45. The van der Waals surface area contributed by atoms with E-state index in [-0.39, 0.29) is 5.71 Å². The Hall–Kier alpha value is -1.21. The molecule has 2 aliphatic rings. The van der Waals surface area contributed by atoms with Crippen molar-refractivity contribution in [2.24, 2.45) is 4.40 Å². The molecule has 1 aliphatic heterocycles. The molecule has 2 N–H and O–H groups in total. The highest BCUT2D eigenvalue weighted by Gasteiger charge is 2.30. The van der Waals surface area contributed by atoms with E-state index in [4.69, 9.17) is 5.11 Å². The molecule has 0 unspecified atom stereocenters. The summed E-state index contributed by atoms with van der Waals surface area (Å²) < 4.78 is 26.0. The SMILES string of the molecule is O=C(O)C1=CC(CNC2CCC2)=NS1(=O)=O. The summed E-state index contributed by atoms with van der Waals surface area (Å²) in [6, 6.07) is 0.410. The lowest BCUT2D eigenvalue weighted by Gasteiger charge is -2.26. The van der Waals surface area contributed by atoms with Gasteiger partial charge in [-0.1, -0.05) is 6.42 Å². The number of sulfonamides is 1. The normalized spacial score (nSPS) is 23.5. The molecule has 0 amide bonds. The smallest absolute Gasteiger partial charge is 0.349 e. The number of hydrogen-bond donors (Lipinski definition) is 2. The molecular weight excluding hydrogens is 232 g/mol. The van der Waals surface area contributed by atoms with Crippen LogP contribution in [0.4, 0.5) is 0 Å². The highest BCUT2D eigenvalue weighted by atomic mass is 32.2. The topological polar surface area (TPSA) is 95.8 Å². The Morgan fingerprint density at radius 3 is 2.69 bits per heavy atom. The maximum atomic E-state index is 11.3. The molecule has 88 valence electrons. The fraction of sp³-hybridized carbons (Fsp3) is 0.556. The quantitative estimate of drug-likeness (QED) is 0.718. The maximum absolute atomic E-state index is 11.3. The van der Waals surface area contributed by atoms with Gasteiger partial charge < -0.3 is 10.4 Å². The van der Waals surface area contributed by atoms with Crippen LogP contribution < -0.4 is 5.32 Å². The van der Waals surface area contributed by atoms with E-state index in [1.807, 2.05) is 0 Å². The van der Waals surface area contributed by atoms with Gasteiger partial charge in [-0.3, -0.25) is 0 Å². The average Bonchev–Trinajstić information content (AvgIpc) is 2.38. The molecule has 1 heterocycles. The van der Waals surface area contributed by atoms with Crippen LogP contribution in [0.25, 0.3) is 0 Å². The second-order valence-electron chi connectivity index (χ2n) is 3.88. The molecule has 0 saturated heterocycles. The van der Waals surface area contributed by atoms with E-state index in [1.54, 1.807) is 0 Å². The summed E-state index contributed by atoms with van der Waals surface area (Å²) in [7, 11) is -3.96. The summed E-state index contributed by atoms with van der Waals surface area (Å²) in [5, 5.41) is 11.8. The lowest BCUT2D eigenvalue weighted by atomic mass is 9.93. The van der Waals surface area contributed by atoms with E-state index in [9.17, 15) is 13.2 Å². The third-order valence-electron chi connectivity index (χ3n) is 2.70. The maximum Gasteiger partial charge on any atom is 0.349 e. The molecule has 6 nitrogen and oxygen atoms in total. The van der Waals surface area contributed by atoms with Gasteiger partial charge in [-0.05, 0) is 18.9 Å². The molecule has 0 spiro atoms. The number of carboxylic acids is 1. The van der Waals surface area contributed by atoms with E-state index >= 15 is 0 Å². The second kappa shape index (κ2) is 3.99. The molecule has 0 bridgehead atoms. The van der Waals surface area contributed by atoms with Crippen molar-refractivity contribution in [2.45, 2.75) is 25.3 Å². The van der Waals surface area contributed by atoms with Crippen LogP contribution in [0, 0.1) is 0 Å². The van der Waals surface area contributed by atoms with Crippen molar-refractivity contribution in [3.05, 3.63) is 11.0 Å². The van der Waals surface area contributed by atoms with Crippen LogP contribution in [0.3, 0.4) is 0 Å². The molecule has 0 aromatic heterocycles. The van der Waals surface area contributed by atoms with Crippen molar-refractivity contribution in [3.8, 4) is 0 Å². The highest BCUT2D eigenvalue weighted by molar-refractivity contribution is 7.95. The fourth-order valence-electron chi connectivity index (χ4n) is 1.57. The zero-order valence-electron chi connectivity index (χ0n) is 8.51. The lowest BCUT2D eigenvalue weighted by Crippen LogP contribution is -2.37. The van der Waals surface area contributed by atoms with Crippen molar-refractivity contribution in [1.29, 1.82) is 0 Å². The number of hydrogen-bond acceptors (Lipinski definition) is 4. The molecule has 7 heteroatoms. The van der Waals surface area contributed by atoms with Gasteiger partial charge in [-0.15, -0.1) is 0 Å². The molecule has 0 atom stereocenters. The first-order valence-corrected chi connectivity index (χ1v) is 6.45. The van der Waals surface area contributed by atoms with Crippen LogP contribution >= 0.6 is 0 Å². The van der Waals surface area contributed by atoms with Gasteiger partial charge in [0.05, 0.1) is 5.71 Å². The second-order valence-corrected chi connectivity index (χ2v) is 5.45. The number of carbonyl (C=O) groups is 1. The monoisotopic (exact) mass is 244 g/mol. The minimum absolute atomic E-state index is 0.268. The Kier molecular flexibility index (Phi) is 2.81. The zero-order valence-corrected chi connectivity index (χ0v) is 9.33. The molecule has 1 aliphatic carbocycles. The Bertz CT molecular complexity index is 474. The first-order chi connectivity index (χ1) is 7.49. The first kappa shape index (κ1) is 11.3. The summed E-state index contributed by atoms with van der Waals surface area (Å²) in [5.74, 6) is -1.46. The Morgan fingerprint density at radius 1 is 1.56 bits per heavy atom. The Balaban J connectivity index is 2.03. The van der Waals surface area contributed by atoms with Crippen molar-refractivity contribution in [2.75, 3.05) is 6.54 Å². The van der Waals surface area contributed by atoms with Crippen LogP contribution in [-0.4, -0.2) is 37.8 Å². The van der Waals surface area contributed by atoms with E-state index < -0.39 is 20.9 Å². The first-order valence-electron chi connectivity index (χ1n) is 5.01. The van der Waals surface area contributed by atoms with Crippen molar-refractivity contribution >= 4 is 21.7 Å². The van der Waals surface area contributed by atoms with Crippen LogP contribution in [0.5, 0.6) is 0 Å². The molecular formula is C9H12N2O4S. The zero-order chi connectivity index (χ0) is 11.8. The predicted molar refractivity (Wildman–Crippen MR) is 57.7 cm³/mol. The van der Waals surface area contributed by atoms with Gasteiger partial charge in [-0.25, -0.2) is 4.79 Å². The van der Waals surface area contributed by atoms with E-state index in [0.29, 0.717) is 12.6 Å². The highest BCUT2D eigenvalue weighted by Crippen LogP contribution is 2.19. The van der Waals surface area contributed by atoms with Gasteiger partial charge >= 0.3 is 5.97 Å². The third kappa shape index (κ3) is 2.14. The predicted octanol–water partition coefficient (Wildman–Crippen LogP) is -0.119. The van der Waals surface area contributed by atoms with E-state index in [1.165, 1.54) is 6.42 Å². The summed E-state index contributed by atoms with van der Waals surface area (Å²) in [5.41, 5.74) is 0.268. The number of carboxylic acid groups (broad SMARTS) is 1. The minimum Gasteiger partial charge on any atom is -0.477 e. The van der Waals surface area contributed by atoms with Crippen molar-refractivity contribution in [1.82, 2.24) is 5.32 Å². The van der Waals surface area contributed by atoms with Gasteiger partial charge in [0.25, 0.3) is 10.0 Å². The molecule has 1 saturated carbocycles. The van der Waals surface area contributed by atoms with Gasteiger partial charge in [-0.2, -0.15) is 12.8 Å². The number of nitrogens with zero attached hydrogens (tertiary/aromatic N) is 1. The fourth-order valence-corrected chi connectivity index (χ4v) is 2.60. The summed E-state index contributed by atoms with van der Waals surface area (Å²) in [4.78, 5) is 9.99. The standard InChI is InChI=1S/C9H12N2O4S/c12-9(13)8-4-7(11-16(8,14)15)5-10-6-2-1-3-6/h4,6,10H,1-3,5H2,(H,12,13).